The highest BCUT2D eigenvalue weighted by molar-refractivity contribution is 8.07. The molecule has 0 unspecified atom stereocenters. The van der Waals surface area contributed by atoms with E-state index in [1.807, 2.05) is 22.7 Å². The number of hydrogen-bond acceptors (Lipinski definition) is 9. The maximum Gasteiger partial charge on any atom is 0.263 e. The molecular formula is C51H40Cl2N6S5. The molecule has 0 spiro atoms. The van der Waals surface area contributed by atoms with Gasteiger partial charge in [-0.1, -0.05) is 138 Å². The lowest BCUT2D eigenvalue weighted by Crippen LogP contribution is -3.00. The topological polar surface area (TPSA) is 40.0 Å². The van der Waals surface area contributed by atoms with Crippen molar-refractivity contribution in [1.82, 2.24) is 10.2 Å². The van der Waals surface area contributed by atoms with Crippen molar-refractivity contribution >= 4 is 124 Å². The molecular weight excluding hydrogens is 928 g/mol. The highest BCUT2D eigenvalue weighted by Crippen LogP contribution is 2.50. The number of fused-ring (bicyclic) bond motifs is 4. The van der Waals surface area contributed by atoms with E-state index in [4.69, 9.17) is 10.2 Å². The minimum absolute atomic E-state index is 0. The molecule has 64 heavy (non-hydrogen) atoms. The molecule has 0 fully saturated rings. The van der Waals surface area contributed by atoms with Crippen LogP contribution in [0, 0.1) is 0 Å². The molecule has 318 valence electrons. The summed E-state index contributed by atoms with van der Waals surface area (Å²) >= 11 is 8.56. The van der Waals surface area contributed by atoms with Crippen molar-refractivity contribution in [2.45, 2.75) is 16.1 Å². The first-order valence-corrected chi connectivity index (χ1v) is 23.8. The molecule has 6 nitrogen and oxygen atoms in total. The molecule has 13 heteroatoms. The summed E-state index contributed by atoms with van der Waals surface area (Å²) in [4.78, 5) is 4.69. The number of aryl methyl sites for hydroxylation is 2. The number of rotatable bonds is 8. The van der Waals surface area contributed by atoms with Gasteiger partial charge in [0, 0.05) is 46.8 Å². The Hall–Kier alpha value is -5.50. The van der Waals surface area contributed by atoms with Gasteiger partial charge in [-0.25, -0.2) is 0 Å². The van der Waals surface area contributed by atoms with Crippen molar-refractivity contribution in [2.24, 2.45) is 14.1 Å². The van der Waals surface area contributed by atoms with E-state index in [9.17, 15) is 0 Å². The SMILES string of the molecule is C.C[n+]1c(/C=C2\C=C(Sc3nnc(SC4=C/C(=C\c5sc6ccccc6[n+]5C)c5ccccc5N4c4ccccc4)s3)N(c3ccccc3)c3ccccc32)sc2ccccc21.[Cl-].[Cl-]. The molecule has 2 aliphatic rings. The zero-order valence-electron chi connectivity index (χ0n) is 33.8. The minimum Gasteiger partial charge on any atom is -1.00 e. The van der Waals surface area contributed by atoms with Gasteiger partial charge in [0.15, 0.2) is 8.68 Å². The maximum absolute atomic E-state index is 4.84. The van der Waals surface area contributed by atoms with E-state index in [1.165, 1.54) is 41.6 Å². The number of nitrogens with zero attached hydrogens (tertiary/aromatic N) is 6. The van der Waals surface area contributed by atoms with Gasteiger partial charge >= 0.3 is 0 Å². The minimum atomic E-state index is 0. The van der Waals surface area contributed by atoms with Gasteiger partial charge < -0.3 is 34.6 Å². The second-order valence-electron chi connectivity index (χ2n) is 14.5. The standard InChI is InChI=1S/C50H36N6S5.CH4.2ClH/c1-53-41-25-13-15-27-43(41)57-45(53)29-33-31-47(55(35-17-5-3-6-18-35)39-23-11-9-21-37(33)39)59-49-51-52-50(61-49)60-48-32-34(30-46-54(2)42-26-14-16-28-44(42)58-46)38-22-10-12-24-40(38)56(48)36-19-7-4-8-20-36;;;/h3-32H,1-2H3;1H4;2*1H/q+2;;;/p-2. The molecule has 0 N–H and O–H groups in total. The first-order chi connectivity index (χ1) is 30.1. The lowest BCUT2D eigenvalue weighted by molar-refractivity contribution is -0.642. The first kappa shape index (κ1) is 45.1. The predicted octanol–water partition coefficient (Wildman–Crippen LogP) is 7.91. The maximum atomic E-state index is 4.84. The van der Waals surface area contributed by atoms with E-state index < -0.39 is 0 Å². The van der Waals surface area contributed by atoms with E-state index in [2.05, 4.69) is 215 Å². The number of hydrogen-bond donors (Lipinski definition) is 0. The van der Waals surface area contributed by atoms with E-state index in [1.54, 1.807) is 34.9 Å². The second kappa shape index (κ2) is 19.3. The quantitative estimate of drug-likeness (QED) is 0.144. The number of allylic oxidation sites excluding steroid dienone is 4. The normalized spacial score (nSPS) is 14.3. The molecule has 0 saturated carbocycles. The number of thiazole rings is 2. The molecule has 0 bridgehead atoms. The van der Waals surface area contributed by atoms with Crippen LogP contribution >= 0.6 is 57.5 Å². The van der Waals surface area contributed by atoms with E-state index >= 15 is 0 Å². The van der Waals surface area contributed by atoms with Gasteiger partial charge in [0.05, 0.1) is 21.4 Å². The van der Waals surface area contributed by atoms with Crippen molar-refractivity contribution in [3.8, 4) is 0 Å². The van der Waals surface area contributed by atoms with E-state index in [0.29, 0.717) is 0 Å². The Morgan fingerprint density at radius 1 is 0.469 bits per heavy atom. The van der Waals surface area contributed by atoms with Crippen molar-refractivity contribution in [3.63, 3.8) is 0 Å². The molecule has 6 aromatic carbocycles. The Morgan fingerprint density at radius 3 is 1.27 bits per heavy atom. The fraction of sp³-hybridized carbons (Fsp3) is 0.0588. The molecule has 0 saturated heterocycles. The lowest BCUT2D eigenvalue weighted by atomic mass is 9.99. The van der Waals surface area contributed by atoms with Crippen LogP contribution in [-0.4, -0.2) is 10.2 Å². The summed E-state index contributed by atoms with van der Waals surface area (Å²) in [5, 5.41) is 14.2. The van der Waals surface area contributed by atoms with Gasteiger partial charge in [-0.2, -0.15) is 9.13 Å². The summed E-state index contributed by atoms with van der Waals surface area (Å²) in [6, 6.07) is 55.8. The Bertz CT molecular complexity index is 3050. The molecule has 0 amide bonds. The number of halogens is 2. The fourth-order valence-electron chi connectivity index (χ4n) is 7.91. The van der Waals surface area contributed by atoms with Gasteiger partial charge in [0.1, 0.15) is 23.5 Å². The van der Waals surface area contributed by atoms with Gasteiger partial charge in [-0.15, -0.1) is 10.2 Å². The molecule has 0 atom stereocenters. The zero-order valence-corrected chi connectivity index (χ0v) is 39.4. The average Bonchev–Trinajstić information content (AvgIpc) is 3.98. The molecule has 2 aliphatic heterocycles. The summed E-state index contributed by atoms with van der Waals surface area (Å²) in [5.74, 6) is 0. The molecule has 3 aromatic heterocycles. The Morgan fingerprint density at radius 2 is 0.844 bits per heavy atom. The average molecular weight is 968 g/mol. The van der Waals surface area contributed by atoms with Gasteiger partial charge in [-0.05, 0) is 95.4 Å². The van der Waals surface area contributed by atoms with Crippen molar-refractivity contribution in [3.05, 3.63) is 201 Å². The van der Waals surface area contributed by atoms with Crippen LogP contribution in [0.1, 0.15) is 28.6 Å². The third kappa shape index (κ3) is 8.45. The van der Waals surface area contributed by atoms with Crippen LogP contribution in [0.2, 0.25) is 0 Å². The lowest BCUT2D eigenvalue weighted by Gasteiger charge is -2.32. The predicted molar refractivity (Wildman–Crippen MR) is 266 cm³/mol. The third-order valence-electron chi connectivity index (χ3n) is 10.8. The number of thioether (sulfide) groups is 2. The number of aromatic nitrogens is 4. The summed E-state index contributed by atoms with van der Waals surface area (Å²) in [7, 11) is 4.30. The second-order valence-corrected chi connectivity index (χ2v) is 20.1. The number of para-hydroxylation sites is 6. The Kier molecular flexibility index (Phi) is 13.6. The third-order valence-corrected chi connectivity index (χ3v) is 16.2. The van der Waals surface area contributed by atoms with Crippen LogP contribution in [0.4, 0.5) is 22.7 Å². The smallest absolute Gasteiger partial charge is 0.263 e. The van der Waals surface area contributed by atoms with E-state index in [0.717, 1.165) is 52.6 Å². The van der Waals surface area contributed by atoms with Crippen molar-refractivity contribution in [1.29, 1.82) is 0 Å². The van der Waals surface area contributed by atoms with Crippen molar-refractivity contribution < 1.29 is 33.9 Å². The zero-order chi connectivity index (χ0) is 40.9. The van der Waals surface area contributed by atoms with Crippen LogP contribution < -0.4 is 43.7 Å². The highest BCUT2D eigenvalue weighted by Gasteiger charge is 2.30. The summed E-state index contributed by atoms with van der Waals surface area (Å²) < 4.78 is 8.85. The van der Waals surface area contributed by atoms with Gasteiger partial charge in [0.2, 0.25) is 11.0 Å². The highest BCUT2D eigenvalue weighted by atomic mass is 35.5. The Balaban J connectivity index is 0.00000187. The first-order valence-electron chi connectivity index (χ1n) is 19.8. The van der Waals surface area contributed by atoms with Crippen LogP contribution in [0.5, 0.6) is 0 Å². The van der Waals surface area contributed by atoms with Crippen LogP contribution in [0.3, 0.4) is 0 Å². The molecule has 11 rings (SSSR count). The van der Waals surface area contributed by atoms with E-state index in [-0.39, 0.29) is 32.2 Å². The van der Waals surface area contributed by atoms with Gasteiger partial charge in [-0.3, -0.25) is 0 Å². The monoisotopic (exact) mass is 966 g/mol. The van der Waals surface area contributed by atoms with Gasteiger partial charge in [0.25, 0.3) is 10.0 Å². The largest absolute Gasteiger partial charge is 1.00 e. The Labute approximate surface area is 406 Å². The summed E-state index contributed by atoms with van der Waals surface area (Å²) in [6.45, 7) is 0. The van der Waals surface area contributed by atoms with Crippen LogP contribution in [0.15, 0.2) is 189 Å². The fourth-order valence-corrected chi connectivity index (χ4v) is 13.4. The number of anilines is 4. The molecule has 0 radical (unpaired) electrons. The van der Waals surface area contributed by atoms with Crippen LogP contribution in [-0.2, 0) is 14.1 Å². The molecule has 5 heterocycles. The van der Waals surface area contributed by atoms with Crippen molar-refractivity contribution in [2.75, 3.05) is 9.80 Å². The number of benzene rings is 6. The summed E-state index contributed by atoms with van der Waals surface area (Å²) in [5.41, 5.74) is 11.6. The summed E-state index contributed by atoms with van der Waals surface area (Å²) in [6.07, 6.45) is 9.26. The molecule has 0 aliphatic carbocycles. The molecule has 9 aromatic rings. The van der Waals surface area contributed by atoms with Crippen LogP contribution in [0.25, 0.3) is 43.7 Å².